The molecule has 30 heavy (non-hydrogen) atoms. The fourth-order valence-corrected chi connectivity index (χ4v) is 4.35. The van der Waals surface area contributed by atoms with Gasteiger partial charge >= 0.3 is 6.09 Å². The maximum Gasteiger partial charge on any atom is 0.410 e. The number of carbonyl (C=O) groups is 1. The molecule has 2 saturated heterocycles. The predicted octanol–water partition coefficient (Wildman–Crippen LogP) is 2.06. The highest BCUT2D eigenvalue weighted by Crippen LogP contribution is 2.35. The van der Waals surface area contributed by atoms with E-state index in [4.69, 9.17) is 9.72 Å². The zero-order chi connectivity index (χ0) is 21.0. The summed E-state index contributed by atoms with van der Waals surface area (Å²) in [6, 6.07) is 0. The molecule has 1 amide bonds. The maximum absolute atomic E-state index is 12.4. The van der Waals surface area contributed by atoms with E-state index in [0.717, 1.165) is 29.9 Å². The van der Waals surface area contributed by atoms with E-state index in [1.807, 2.05) is 38.9 Å². The number of aromatic amines is 1. The van der Waals surface area contributed by atoms with Crippen molar-refractivity contribution in [3.8, 4) is 11.3 Å². The Morgan fingerprint density at radius 2 is 1.90 bits per heavy atom. The molecule has 3 aromatic heterocycles. The Bertz CT molecular complexity index is 1080. The molecule has 0 saturated carbocycles. The molecule has 0 spiro atoms. The summed E-state index contributed by atoms with van der Waals surface area (Å²) in [4.78, 5) is 33.5. The van der Waals surface area contributed by atoms with E-state index >= 15 is 0 Å². The number of aryl methyl sites for hydroxylation is 1. The third-order valence-corrected chi connectivity index (χ3v) is 5.67. The van der Waals surface area contributed by atoms with Crippen LogP contribution in [-0.4, -0.2) is 72.5 Å². The third-order valence-electron chi connectivity index (χ3n) is 5.67. The smallest absolute Gasteiger partial charge is 0.410 e. The molecule has 3 aromatic rings. The lowest BCUT2D eigenvalue weighted by atomic mass is 10.0. The molecule has 2 fully saturated rings. The molecule has 2 unspecified atom stereocenters. The minimum absolute atomic E-state index is 0.225. The summed E-state index contributed by atoms with van der Waals surface area (Å²) < 4.78 is 7.29. The van der Waals surface area contributed by atoms with Gasteiger partial charge in [0.1, 0.15) is 16.8 Å². The molecule has 0 bridgehead atoms. The molecular formula is C20H26N8O2. The molecule has 158 valence electrons. The lowest BCUT2D eigenvalue weighted by Crippen LogP contribution is -2.37. The fourth-order valence-electron chi connectivity index (χ4n) is 4.35. The van der Waals surface area contributed by atoms with Gasteiger partial charge in [0.15, 0.2) is 5.65 Å². The monoisotopic (exact) mass is 410 g/mol. The third kappa shape index (κ3) is 3.35. The molecule has 10 heteroatoms. The molecular weight excluding hydrogens is 384 g/mol. The quantitative estimate of drug-likeness (QED) is 0.689. The van der Waals surface area contributed by atoms with Crippen LogP contribution in [0.15, 0.2) is 18.7 Å². The number of aromatic nitrogens is 6. The zero-order valence-corrected chi connectivity index (χ0v) is 17.7. The van der Waals surface area contributed by atoms with Gasteiger partial charge < -0.3 is 19.5 Å². The van der Waals surface area contributed by atoms with Crippen LogP contribution in [0.25, 0.3) is 22.4 Å². The average Bonchev–Trinajstić information content (AvgIpc) is 3.41. The SMILES string of the molecule is Cn1cc(-c2nc(N3CC4CN(C(=O)OC(C)(C)C)CC4C3)nc3nc[nH]c23)cn1. The van der Waals surface area contributed by atoms with Gasteiger partial charge in [-0.3, -0.25) is 4.68 Å². The first kappa shape index (κ1) is 18.8. The van der Waals surface area contributed by atoms with Crippen molar-refractivity contribution in [3.05, 3.63) is 18.7 Å². The fraction of sp³-hybridized carbons (Fsp3) is 0.550. The van der Waals surface area contributed by atoms with Crippen LogP contribution >= 0.6 is 0 Å². The van der Waals surface area contributed by atoms with E-state index < -0.39 is 5.60 Å². The molecule has 2 atom stereocenters. The summed E-state index contributed by atoms with van der Waals surface area (Å²) in [6.07, 6.45) is 5.14. The highest BCUT2D eigenvalue weighted by atomic mass is 16.6. The number of anilines is 1. The van der Waals surface area contributed by atoms with E-state index in [2.05, 4.69) is 25.0 Å². The van der Waals surface area contributed by atoms with Crippen molar-refractivity contribution in [1.82, 2.24) is 34.6 Å². The minimum atomic E-state index is -0.476. The van der Waals surface area contributed by atoms with E-state index in [9.17, 15) is 4.79 Å². The van der Waals surface area contributed by atoms with Crippen LogP contribution in [0.1, 0.15) is 20.8 Å². The summed E-state index contributed by atoms with van der Waals surface area (Å²) in [5.41, 5.74) is 2.70. The normalized spacial score (nSPS) is 21.5. The van der Waals surface area contributed by atoms with Gasteiger partial charge in [-0.1, -0.05) is 0 Å². The van der Waals surface area contributed by atoms with Gasteiger partial charge in [0.2, 0.25) is 5.95 Å². The summed E-state index contributed by atoms with van der Waals surface area (Å²) in [7, 11) is 1.88. The van der Waals surface area contributed by atoms with Crippen molar-refractivity contribution in [2.24, 2.45) is 18.9 Å². The van der Waals surface area contributed by atoms with Gasteiger partial charge in [-0.25, -0.2) is 14.8 Å². The van der Waals surface area contributed by atoms with Gasteiger partial charge in [0.25, 0.3) is 0 Å². The van der Waals surface area contributed by atoms with Crippen molar-refractivity contribution >= 4 is 23.2 Å². The van der Waals surface area contributed by atoms with Crippen LogP contribution in [-0.2, 0) is 11.8 Å². The number of ether oxygens (including phenoxy) is 1. The van der Waals surface area contributed by atoms with Crippen LogP contribution in [0, 0.1) is 11.8 Å². The summed E-state index contributed by atoms with van der Waals surface area (Å²) in [6.45, 7) is 8.72. The molecule has 2 aliphatic heterocycles. The van der Waals surface area contributed by atoms with Crippen molar-refractivity contribution in [2.75, 3.05) is 31.1 Å². The number of likely N-dealkylation sites (tertiary alicyclic amines) is 1. The second-order valence-corrected chi connectivity index (χ2v) is 9.19. The molecule has 1 N–H and O–H groups in total. The summed E-state index contributed by atoms with van der Waals surface area (Å²) >= 11 is 0. The van der Waals surface area contributed by atoms with E-state index in [1.165, 1.54) is 0 Å². The van der Waals surface area contributed by atoms with Gasteiger partial charge in [-0.15, -0.1) is 0 Å². The molecule has 5 rings (SSSR count). The van der Waals surface area contributed by atoms with Crippen LogP contribution in [0.5, 0.6) is 0 Å². The Morgan fingerprint density at radius 1 is 1.17 bits per heavy atom. The Labute approximate surface area is 174 Å². The first-order valence-corrected chi connectivity index (χ1v) is 10.2. The Kier molecular flexibility index (Phi) is 4.19. The summed E-state index contributed by atoms with van der Waals surface area (Å²) in [5.74, 6) is 1.45. The standard InChI is InChI=1S/C20H26N8O2/c1-20(2,3)30-19(29)28-9-13-7-27(8-14(13)10-28)18-24-15(12-5-23-26(4)6-12)16-17(25-18)22-11-21-16/h5-6,11,13-14H,7-10H2,1-4H3,(H,21,22,24,25). The minimum Gasteiger partial charge on any atom is -0.444 e. The number of hydrogen-bond donors (Lipinski definition) is 1. The number of H-pyrrole nitrogens is 1. The predicted molar refractivity (Wildman–Crippen MR) is 111 cm³/mol. The first-order valence-electron chi connectivity index (χ1n) is 10.2. The molecule has 5 heterocycles. The molecule has 2 aliphatic rings. The average molecular weight is 410 g/mol. The number of nitrogens with zero attached hydrogens (tertiary/aromatic N) is 7. The largest absolute Gasteiger partial charge is 0.444 e. The Morgan fingerprint density at radius 3 is 2.53 bits per heavy atom. The molecule has 10 nitrogen and oxygen atoms in total. The number of fused-ring (bicyclic) bond motifs is 2. The number of hydrogen-bond acceptors (Lipinski definition) is 7. The Balaban J connectivity index is 1.36. The van der Waals surface area contributed by atoms with E-state index in [-0.39, 0.29) is 6.09 Å². The van der Waals surface area contributed by atoms with E-state index in [0.29, 0.717) is 36.5 Å². The van der Waals surface area contributed by atoms with Crippen molar-refractivity contribution in [2.45, 2.75) is 26.4 Å². The topological polar surface area (TPSA) is 105 Å². The summed E-state index contributed by atoms with van der Waals surface area (Å²) in [5, 5.41) is 4.27. The van der Waals surface area contributed by atoms with Gasteiger partial charge in [0.05, 0.1) is 12.5 Å². The van der Waals surface area contributed by atoms with Crippen molar-refractivity contribution in [1.29, 1.82) is 0 Å². The first-order chi connectivity index (χ1) is 14.3. The maximum atomic E-state index is 12.4. The molecule has 0 radical (unpaired) electrons. The lowest BCUT2D eigenvalue weighted by Gasteiger charge is -2.26. The number of rotatable bonds is 2. The Hall–Kier alpha value is -3.17. The zero-order valence-electron chi connectivity index (χ0n) is 17.7. The second-order valence-electron chi connectivity index (χ2n) is 9.19. The van der Waals surface area contributed by atoms with Gasteiger partial charge in [-0.2, -0.15) is 10.1 Å². The van der Waals surface area contributed by atoms with E-state index in [1.54, 1.807) is 17.2 Å². The van der Waals surface area contributed by atoms with Crippen LogP contribution < -0.4 is 4.90 Å². The van der Waals surface area contributed by atoms with Gasteiger partial charge in [-0.05, 0) is 20.8 Å². The van der Waals surface area contributed by atoms with Crippen LogP contribution in [0.4, 0.5) is 10.7 Å². The number of amides is 1. The highest BCUT2D eigenvalue weighted by Gasteiger charge is 2.43. The number of carbonyl (C=O) groups excluding carboxylic acids is 1. The van der Waals surface area contributed by atoms with Crippen molar-refractivity contribution < 1.29 is 9.53 Å². The number of imidazole rings is 1. The molecule has 0 aromatic carbocycles. The molecule has 0 aliphatic carbocycles. The van der Waals surface area contributed by atoms with Crippen molar-refractivity contribution in [3.63, 3.8) is 0 Å². The van der Waals surface area contributed by atoms with Gasteiger partial charge in [0, 0.05) is 56.8 Å². The van der Waals surface area contributed by atoms with Crippen LogP contribution in [0.2, 0.25) is 0 Å². The second kappa shape index (κ2) is 6.68. The van der Waals surface area contributed by atoms with Crippen LogP contribution in [0.3, 0.4) is 0 Å². The lowest BCUT2D eigenvalue weighted by molar-refractivity contribution is 0.0282. The highest BCUT2D eigenvalue weighted by molar-refractivity contribution is 5.87. The number of nitrogens with one attached hydrogen (secondary N) is 1.